The van der Waals surface area contributed by atoms with Crippen LogP contribution >= 0.6 is 0 Å². The third kappa shape index (κ3) is 1.69. The molecule has 0 radical (unpaired) electrons. The molecule has 68 valence electrons. The SMILES string of the molecule is O=C(O)[C@@H](c1ccccn1)C1CC1. The summed E-state index contributed by atoms with van der Waals surface area (Å²) in [7, 11) is 0. The highest BCUT2D eigenvalue weighted by molar-refractivity contribution is 5.76. The molecule has 0 unspecified atom stereocenters. The Kier molecular flexibility index (Phi) is 2.00. The summed E-state index contributed by atoms with van der Waals surface area (Å²) in [5, 5.41) is 9.00. The van der Waals surface area contributed by atoms with Gasteiger partial charge >= 0.3 is 5.97 Å². The molecule has 0 spiro atoms. The molecule has 1 fully saturated rings. The first-order chi connectivity index (χ1) is 6.29. The number of carbonyl (C=O) groups is 1. The van der Waals surface area contributed by atoms with E-state index in [0.717, 1.165) is 12.8 Å². The minimum Gasteiger partial charge on any atom is -0.481 e. The number of aromatic nitrogens is 1. The Balaban J connectivity index is 2.25. The highest BCUT2D eigenvalue weighted by Crippen LogP contribution is 2.41. The fourth-order valence-electron chi connectivity index (χ4n) is 1.56. The van der Waals surface area contributed by atoms with Crippen LogP contribution in [0.2, 0.25) is 0 Å². The van der Waals surface area contributed by atoms with Gasteiger partial charge in [0.2, 0.25) is 0 Å². The van der Waals surface area contributed by atoms with Crippen LogP contribution in [0.4, 0.5) is 0 Å². The highest BCUT2D eigenvalue weighted by Gasteiger charge is 2.37. The molecule has 0 aromatic carbocycles. The second-order valence-corrected chi connectivity index (χ2v) is 3.41. The lowest BCUT2D eigenvalue weighted by atomic mass is 9.99. The molecule has 1 N–H and O–H groups in total. The molecule has 1 aliphatic rings. The fraction of sp³-hybridized carbons (Fsp3) is 0.400. The van der Waals surface area contributed by atoms with Crippen molar-refractivity contribution in [3.05, 3.63) is 30.1 Å². The van der Waals surface area contributed by atoms with Gasteiger partial charge in [0.05, 0.1) is 5.69 Å². The molecule has 1 atom stereocenters. The van der Waals surface area contributed by atoms with Crippen LogP contribution in [0, 0.1) is 5.92 Å². The van der Waals surface area contributed by atoms with Crippen molar-refractivity contribution >= 4 is 5.97 Å². The van der Waals surface area contributed by atoms with E-state index in [9.17, 15) is 4.79 Å². The van der Waals surface area contributed by atoms with E-state index < -0.39 is 5.97 Å². The highest BCUT2D eigenvalue weighted by atomic mass is 16.4. The minimum absolute atomic E-state index is 0.312. The van der Waals surface area contributed by atoms with Gasteiger partial charge in [-0.1, -0.05) is 6.07 Å². The lowest BCUT2D eigenvalue weighted by Gasteiger charge is -2.09. The average Bonchev–Trinajstić information content (AvgIpc) is 2.90. The van der Waals surface area contributed by atoms with Crippen LogP contribution in [0.5, 0.6) is 0 Å². The first-order valence-corrected chi connectivity index (χ1v) is 4.43. The van der Waals surface area contributed by atoms with E-state index in [0.29, 0.717) is 11.6 Å². The number of hydrogen-bond acceptors (Lipinski definition) is 2. The first-order valence-electron chi connectivity index (χ1n) is 4.43. The Morgan fingerprint density at radius 2 is 2.31 bits per heavy atom. The Bertz CT molecular complexity index is 306. The van der Waals surface area contributed by atoms with Gasteiger partial charge in [0.1, 0.15) is 5.92 Å². The average molecular weight is 177 g/mol. The van der Waals surface area contributed by atoms with Gasteiger partial charge in [0, 0.05) is 6.20 Å². The zero-order valence-electron chi connectivity index (χ0n) is 7.18. The predicted octanol–water partition coefficient (Wildman–Crippen LogP) is 1.66. The number of hydrogen-bond donors (Lipinski definition) is 1. The molecule has 1 heterocycles. The number of nitrogens with zero attached hydrogens (tertiary/aromatic N) is 1. The van der Waals surface area contributed by atoms with Crippen molar-refractivity contribution < 1.29 is 9.90 Å². The van der Waals surface area contributed by atoms with Gasteiger partial charge in [0.25, 0.3) is 0 Å². The van der Waals surface area contributed by atoms with E-state index in [1.165, 1.54) is 0 Å². The van der Waals surface area contributed by atoms with Gasteiger partial charge in [-0.05, 0) is 30.9 Å². The van der Waals surface area contributed by atoms with Crippen molar-refractivity contribution in [1.82, 2.24) is 4.98 Å². The van der Waals surface area contributed by atoms with Crippen molar-refractivity contribution in [3.8, 4) is 0 Å². The molecule has 0 bridgehead atoms. The molecular weight excluding hydrogens is 166 g/mol. The zero-order chi connectivity index (χ0) is 9.26. The van der Waals surface area contributed by atoms with E-state index in [4.69, 9.17) is 5.11 Å². The molecule has 13 heavy (non-hydrogen) atoms. The maximum atomic E-state index is 10.9. The smallest absolute Gasteiger partial charge is 0.312 e. The summed E-state index contributed by atoms with van der Waals surface area (Å²) in [6.07, 6.45) is 3.69. The summed E-state index contributed by atoms with van der Waals surface area (Å²) in [4.78, 5) is 15.0. The van der Waals surface area contributed by atoms with Gasteiger partial charge in [0.15, 0.2) is 0 Å². The molecule has 3 nitrogen and oxygen atoms in total. The van der Waals surface area contributed by atoms with Crippen molar-refractivity contribution in [3.63, 3.8) is 0 Å². The standard InChI is InChI=1S/C10H11NO2/c12-10(13)9(7-4-5-7)8-3-1-2-6-11-8/h1-3,6-7,9H,4-5H2,(H,12,13)/t9-/m1/s1. The van der Waals surface area contributed by atoms with Crippen LogP contribution in [0.3, 0.4) is 0 Å². The number of carboxylic acids is 1. The van der Waals surface area contributed by atoms with Crippen LogP contribution < -0.4 is 0 Å². The third-order valence-electron chi connectivity index (χ3n) is 2.37. The number of carboxylic acid groups (broad SMARTS) is 1. The maximum absolute atomic E-state index is 10.9. The zero-order valence-corrected chi connectivity index (χ0v) is 7.18. The van der Waals surface area contributed by atoms with E-state index in [1.807, 2.05) is 6.07 Å². The van der Waals surface area contributed by atoms with Crippen molar-refractivity contribution in [2.24, 2.45) is 5.92 Å². The summed E-state index contributed by atoms with van der Waals surface area (Å²) >= 11 is 0. The van der Waals surface area contributed by atoms with Crippen molar-refractivity contribution in [2.75, 3.05) is 0 Å². The Hall–Kier alpha value is -1.38. The summed E-state index contributed by atoms with van der Waals surface area (Å²) in [6.45, 7) is 0. The minimum atomic E-state index is -0.749. The Labute approximate surface area is 76.4 Å². The van der Waals surface area contributed by atoms with E-state index >= 15 is 0 Å². The van der Waals surface area contributed by atoms with E-state index in [1.54, 1.807) is 18.3 Å². The van der Waals surface area contributed by atoms with Crippen LogP contribution in [0.1, 0.15) is 24.5 Å². The third-order valence-corrected chi connectivity index (χ3v) is 2.37. The number of aliphatic carboxylic acids is 1. The normalized spacial score (nSPS) is 18.2. The molecule has 0 amide bonds. The molecule has 1 saturated carbocycles. The molecule has 0 saturated heterocycles. The molecule has 3 heteroatoms. The first kappa shape index (κ1) is 8.23. The van der Waals surface area contributed by atoms with Crippen LogP contribution in [-0.4, -0.2) is 16.1 Å². The fourth-order valence-corrected chi connectivity index (χ4v) is 1.56. The monoisotopic (exact) mass is 177 g/mol. The molecule has 1 aromatic heterocycles. The van der Waals surface area contributed by atoms with Crippen molar-refractivity contribution in [2.45, 2.75) is 18.8 Å². The summed E-state index contributed by atoms with van der Waals surface area (Å²) in [5.74, 6) is -0.824. The topological polar surface area (TPSA) is 50.2 Å². The quantitative estimate of drug-likeness (QED) is 0.763. The van der Waals surface area contributed by atoms with Crippen LogP contribution in [-0.2, 0) is 4.79 Å². The summed E-state index contributed by atoms with van der Waals surface area (Å²) in [6, 6.07) is 5.42. The predicted molar refractivity (Wildman–Crippen MR) is 47.3 cm³/mol. The number of pyridine rings is 1. The largest absolute Gasteiger partial charge is 0.481 e. The molecule has 1 aliphatic carbocycles. The van der Waals surface area contributed by atoms with Gasteiger partial charge in [-0.25, -0.2) is 0 Å². The van der Waals surface area contributed by atoms with Gasteiger partial charge < -0.3 is 5.11 Å². The number of rotatable bonds is 3. The lowest BCUT2D eigenvalue weighted by molar-refractivity contribution is -0.139. The Morgan fingerprint density at radius 1 is 1.54 bits per heavy atom. The molecule has 1 aromatic rings. The molecular formula is C10H11NO2. The summed E-state index contributed by atoms with van der Waals surface area (Å²) < 4.78 is 0. The maximum Gasteiger partial charge on any atom is 0.312 e. The summed E-state index contributed by atoms with van der Waals surface area (Å²) in [5.41, 5.74) is 0.692. The second-order valence-electron chi connectivity index (χ2n) is 3.41. The van der Waals surface area contributed by atoms with Crippen LogP contribution in [0.15, 0.2) is 24.4 Å². The van der Waals surface area contributed by atoms with Gasteiger partial charge in [-0.2, -0.15) is 0 Å². The second kappa shape index (κ2) is 3.17. The van der Waals surface area contributed by atoms with Gasteiger partial charge in [-0.3, -0.25) is 9.78 Å². The van der Waals surface area contributed by atoms with Gasteiger partial charge in [-0.15, -0.1) is 0 Å². The van der Waals surface area contributed by atoms with Crippen LogP contribution in [0.25, 0.3) is 0 Å². The van der Waals surface area contributed by atoms with Crippen molar-refractivity contribution in [1.29, 1.82) is 0 Å². The Morgan fingerprint density at radius 3 is 2.77 bits per heavy atom. The molecule has 0 aliphatic heterocycles. The lowest BCUT2D eigenvalue weighted by Crippen LogP contribution is -2.14. The van der Waals surface area contributed by atoms with E-state index in [-0.39, 0.29) is 5.92 Å². The molecule has 2 rings (SSSR count). The van der Waals surface area contributed by atoms with E-state index in [2.05, 4.69) is 4.98 Å².